The average molecular weight is 358 g/mol. The van der Waals surface area contributed by atoms with Gasteiger partial charge in [0, 0.05) is 4.88 Å². The minimum absolute atomic E-state index is 0.0262. The van der Waals surface area contributed by atoms with Gasteiger partial charge in [-0.25, -0.2) is 4.98 Å². The molecular weight excluding hydrogens is 334 g/mol. The van der Waals surface area contributed by atoms with Crippen LogP contribution in [0.4, 0.5) is 0 Å². The molecule has 5 nitrogen and oxygen atoms in total. The first-order chi connectivity index (χ1) is 12.1. The molecule has 3 heterocycles. The van der Waals surface area contributed by atoms with Crippen molar-refractivity contribution < 1.29 is 9.73 Å². The molecule has 0 amide bonds. The van der Waals surface area contributed by atoms with Crippen LogP contribution >= 0.6 is 11.3 Å². The molecule has 0 aliphatic heterocycles. The molecule has 0 saturated carbocycles. The first-order valence-corrected chi connectivity index (χ1v) is 9.83. The number of nitrogens with two attached hydrogens (primary N) is 1. The molecule has 0 fully saturated rings. The van der Waals surface area contributed by atoms with E-state index in [0.29, 0.717) is 5.92 Å². The zero-order chi connectivity index (χ0) is 17.4. The number of thiophene rings is 1. The third-order valence-electron chi connectivity index (χ3n) is 5.11. The van der Waals surface area contributed by atoms with Gasteiger partial charge in [-0.3, -0.25) is 4.79 Å². The molecule has 132 valence electrons. The van der Waals surface area contributed by atoms with Gasteiger partial charge >= 0.3 is 0 Å². The van der Waals surface area contributed by atoms with E-state index in [9.17, 15) is 4.79 Å². The first kappa shape index (κ1) is 16.5. The maximum atomic E-state index is 12.7. The summed E-state index contributed by atoms with van der Waals surface area (Å²) in [5.41, 5.74) is 1.27. The van der Waals surface area contributed by atoms with Gasteiger partial charge in [0.1, 0.15) is 16.6 Å². The number of H-pyrrole nitrogens is 1. The molecule has 0 unspecified atom stereocenters. The third kappa shape index (κ3) is 3.28. The van der Waals surface area contributed by atoms with Crippen LogP contribution in [0.25, 0.3) is 10.2 Å². The average Bonchev–Trinajstić information content (AvgIpc) is 3.21. The highest BCUT2D eigenvalue weighted by atomic mass is 32.1. The van der Waals surface area contributed by atoms with Crippen molar-refractivity contribution in [3.8, 4) is 0 Å². The number of fused-ring (bicyclic) bond motifs is 3. The van der Waals surface area contributed by atoms with Crippen LogP contribution in [0.3, 0.4) is 0 Å². The molecule has 6 heteroatoms. The Hall–Kier alpha value is -1.92. The molecule has 0 radical (unpaired) electrons. The Morgan fingerprint density at radius 3 is 3.20 bits per heavy atom. The monoisotopic (exact) mass is 358 g/mol. The second-order valence-electron chi connectivity index (χ2n) is 7.13. The van der Waals surface area contributed by atoms with Crippen LogP contribution in [-0.2, 0) is 19.3 Å². The van der Waals surface area contributed by atoms with E-state index in [-0.39, 0.29) is 11.6 Å². The first-order valence-electron chi connectivity index (χ1n) is 9.02. The van der Waals surface area contributed by atoms with Gasteiger partial charge in [-0.2, -0.15) is 0 Å². The summed E-state index contributed by atoms with van der Waals surface area (Å²) in [6, 6.07) is 4.01. The van der Waals surface area contributed by atoms with E-state index in [1.807, 2.05) is 12.1 Å². The maximum Gasteiger partial charge on any atom is 0.260 e. The van der Waals surface area contributed by atoms with Crippen LogP contribution in [-0.4, -0.2) is 16.5 Å². The summed E-state index contributed by atoms with van der Waals surface area (Å²) in [6.07, 6.45) is 5.82. The van der Waals surface area contributed by atoms with Gasteiger partial charge in [0.2, 0.25) is 0 Å². The molecule has 25 heavy (non-hydrogen) atoms. The van der Waals surface area contributed by atoms with Crippen molar-refractivity contribution in [1.82, 2.24) is 9.97 Å². The minimum atomic E-state index is 0.0262. The second-order valence-corrected chi connectivity index (χ2v) is 8.21. The molecule has 1 aliphatic rings. The predicted molar refractivity (Wildman–Crippen MR) is 99.0 cm³/mol. The Bertz CT molecular complexity index is 926. The van der Waals surface area contributed by atoms with Crippen LogP contribution < -0.4 is 10.9 Å². The molecule has 3 aromatic rings. The Morgan fingerprint density at radius 2 is 2.40 bits per heavy atom. The summed E-state index contributed by atoms with van der Waals surface area (Å²) >= 11 is 1.71. The molecule has 0 saturated heterocycles. The van der Waals surface area contributed by atoms with E-state index in [4.69, 9.17) is 9.40 Å². The smallest absolute Gasteiger partial charge is 0.260 e. The summed E-state index contributed by atoms with van der Waals surface area (Å²) in [7, 11) is 0. The van der Waals surface area contributed by atoms with Crippen LogP contribution in [0.5, 0.6) is 0 Å². The lowest BCUT2D eigenvalue weighted by molar-refractivity contribution is -0.693. The molecule has 0 spiro atoms. The van der Waals surface area contributed by atoms with Crippen LogP contribution in [0, 0.1) is 5.92 Å². The topological polar surface area (TPSA) is 75.5 Å². The van der Waals surface area contributed by atoms with Gasteiger partial charge in [-0.15, -0.1) is 11.3 Å². The SMILES string of the molecule is C[C@H]1CCc2c(sc3nc([C@@H](C)[NH2+]CCc4ccco4)[nH]c(=O)c23)C1. The molecular formula is C19H24N3O2S+. The summed E-state index contributed by atoms with van der Waals surface area (Å²) < 4.78 is 5.36. The number of aromatic amines is 1. The number of hydrogen-bond acceptors (Lipinski definition) is 4. The lowest BCUT2D eigenvalue weighted by Gasteiger charge is -2.17. The third-order valence-corrected chi connectivity index (χ3v) is 6.25. The molecule has 4 rings (SSSR count). The number of aryl methyl sites for hydroxylation is 1. The number of nitrogens with one attached hydrogen (secondary N) is 1. The van der Waals surface area contributed by atoms with Gasteiger partial charge < -0.3 is 14.7 Å². The summed E-state index contributed by atoms with van der Waals surface area (Å²) in [6.45, 7) is 5.27. The Morgan fingerprint density at radius 1 is 1.52 bits per heavy atom. The number of rotatable bonds is 5. The molecule has 0 aromatic carbocycles. The molecule has 2 atom stereocenters. The van der Waals surface area contributed by atoms with E-state index in [2.05, 4.69) is 24.1 Å². The minimum Gasteiger partial charge on any atom is -0.469 e. The largest absolute Gasteiger partial charge is 0.469 e. The normalized spacial score (nSPS) is 18.4. The number of aromatic nitrogens is 2. The molecule has 3 N–H and O–H groups in total. The van der Waals surface area contributed by atoms with E-state index < -0.39 is 0 Å². The van der Waals surface area contributed by atoms with Crippen molar-refractivity contribution >= 4 is 21.6 Å². The van der Waals surface area contributed by atoms with Crippen LogP contribution in [0.2, 0.25) is 0 Å². The highest BCUT2D eigenvalue weighted by Crippen LogP contribution is 2.35. The van der Waals surface area contributed by atoms with Gasteiger partial charge in [0.25, 0.3) is 5.56 Å². The zero-order valence-corrected chi connectivity index (χ0v) is 15.5. The standard InChI is InChI=1S/C19H23N3O2S/c1-11-5-6-14-15(10-11)25-19-16(14)18(23)21-17(22-19)12(2)20-8-7-13-4-3-9-24-13/h3-4,9,11-12,20H,5-8,10H2,1-2H3,(H,21,22,23)/p+1/t11-,12+/m0/s1. The van der Waals surface area contributed by atoms with E-state index in [1.165, 1.54) is 10.4 Å². The highest BCUT2D eigenvalue weighted by Gasteiger charge is 2.24. The van der Waals surface area contributed by atoms with Crippen LogP contribution in [0.1, 0.15) is 48.3 Å². The number of nitrogens with zero attached hydrogens (tertiary/aromatic N) is 1. The molecule has 1 aliphatic carbocycles. The number of hydrogen-bond donors (Lipinski definition) is 2. The fourth-order valence-corrected chi connectivity index (χ4v) is 5.01. The fourth-order valence-electron chi connectivity index (χ4n) is 3.62. The predicted octanol–water partition coefficient (Wildman–Crippen LogP) is 2.57. The van der Waals surface area contributed by atoms with Crippen molar-refractivity contribution in [2.24, 2.45) is 5.92 Å². The van der Waals surface area contributed by atoms with E-state index in [0.717, 1.165) is 54.0 Å². The highest BCUT2D eigenvalue weighted by molar-refractivity contribution is 7.18. The number of quaternary nitrogens is 1. The summed E-state index contributed by atoms with van der Waals surface area (Å²) in [4.78, 5) is 22.7. The van der Waals surface area contributed by atoms with Crippen molar-refractivity contribution in [2.45, 2.75) is 45.6 Å². The van der Waals surface area contributed by atoms with Crippen LogP contribution in [0.15, 0.2) is 27.6 Å². The lowest BCUT2D eigenvalue weighted by atomic mass is 9.89. The Balaban J connectivity index is 1.55. The van der Waals surface area contributed by atoms with Gasteiger partial charge in [-0.1, -0.05) is 6.92 Å². The zero-order valence-electron chi connectivity index (χ0n) is 14.7. The van der Waals surface area contributed by atoms with Crippen molar-refractivity contribution in [2.75, 3.05) is 6.54 Å². The lowest BCUT2D eigenvalue weighted by Crippen LogP contribution is -2.85. The Kier molecular flexibility index (Phi) is 4.48. The van der Waals surface area contributed by atoms with Gasteiger partial charge in [-0.05, 0) is 49.8 Å². The molecule has 0 bridgehead atoms. The van der Waals surface area contributed by atoms with Gasteiger partial charge in [0.05, 0.1) is 24.6 Å². The maximum absolute atomic E-state index is 12.7. The number of furan rings is 1. The quantitative estimate of drug-likeness (QED) is 0.736. The second kappa shape index (κ2) is 6.77. The van der Waals surface area contributed by atoms with Crippen molar-refractivity contribution in [3.05, 3.63) is 50.8 Å². The Labute approximate surface area is 150 Å². The summed E-state index contributed by atoms with van der Waals surface area (Å²) in [5, 5.41) is 3.03. The van der Waals surface area contributed by atoms with E-state index in [1.54, 1.807) is 17.6 Å². The molecule has 3 aromatic heterocycles. The van der Waals surface area contributed by atoms with Crippen molar-refractivity contribution in [3.63, 3.8) is 0 Å². The van der Waals surface area contributed by atoms with Gasteiger partial charge in [0.15, 0.2) is 5.82 Å². The summed E-state index contributed by atoms with van der Waals surface area (Å²) in [5.74, 6) is 2.46. The van der Waals surface area contributed by atoms with Crippen molar-refractivity contribution in [1.29, 1.82) is 0 Å². The van der Waals surface area contributed by atoms with E-state index >= 15 is 0 Å². The fraction of sp³-hybridized carbons (Fsp3) is 0.474.